The maximum absolute atomic E-state index is 6.11. The normalized spacial score (nSPS) is 11.4. The van der Waals surface area contributed by atoms with Gasteiger partial charge in [0.2, 0.25) is 0 Å². The lowest BCUT2D eigenvalue weighted by atomic mass is 10.1. The summed E-state index contributed by atoms with van der Waals surface area (Å²) in [5, 5.41) is 0.793. The summed E-state index contributed by atoms with van der Waals surface area (Å²) in [6.07, 6.45) is 0.878. The van der Waals surface area contributed by atoms with Crippen LogP contribution in [0.25, 0.3) is 0 Å². The predicted molar refractivity (Wildman–Crippen MR) is 86.1 cm³/mol. The van der Waals surface area contributed by atoms with Gasteiger partial charge in [-0.05, 0) is 48.6 Å². The third kappa shape index (κ3) is 5.42. The molecule has 0 bridgehead atoms. The van der Waals surface area contributed by atoms with Crippen LogP contribution in [0.2, 0.25) is 5.02 Å². The van der Waals surface area contributed by atoms with Gasteiger partial charge >= 0.3 is 0 Å². The molecule has 1 aromatic rings. The van der Waals surface area contributed by atoms with Crippen molar-refractivity contribution in [3.8, 4) is 0 Å². The predicted octanol–water partition coefficient (Wildman–Crippen LogP) is 3.96. The first-order valence-electron chi connectivity index (χ1n) is 7.17. The van der Waals surface area contributed by atoms with Crippen LogP contribution in [0, 0.1) is 11.8 Å². The van der Waals surface area contributed by atoms with Crippen molar-refractivity contribution in [2.24, 2.45) is 17.6 Å². The monoisotopic (exact) mass is 282 g/mol. The number of anilines is 1. The van der Waals surface area contributed by atoms with Crippen LogP contribution in [0.4, 0.5) is 5.69 Å². The SMILES string of the molecule is CC(C)CN(CC(C)C)c1ccc(Cl)cc1CCN. The zero-order valence-corrected chi connectivity index (χ0v) is 13.4. The lowest BCUT2D eigenvalue weighted by molar-refractivity contribution is 0.551. The fourth-order valence-electron chi connectivity index (χ4n) is 2.37. The summed E-state index contributed by atoms with van der Waals surface area (Å²) in [7, 11) is 0. The first kappa shape index (κ1) is 16.3. The molecule has 2 nitrogen and oxygen atoms in total. The van der Waals surface area contributed by atoms with Crippen molar-refractivity contribution >= 4 is 17.3 Å². The van der Waals surface area contributed by atoms with Gasteiger partial charge in [-0.15, -0.1) is 0 Å². The molecule has 1 aromatic carbocycles. The van der Waals surface area contributed by atoms with Gasteiger partial charge in [0, 0.05) is 23.8 Å². The van der Waals surface area contributed by atoms with E-state index in [1.54, 1.807) is 0 Å². The van der Waals surface area contributed by atoms with E-state index >= 15 is 0 Å². The summed E-state index contributed by atoms with van der Waals surface area (Å²) in [5.41, 5.74) is 8.27. The summed E-state index contributed by atoms with van der Waals surface area (Å²) in [6.45, 7) is 11.8. The van der Waals surface area contributed by atoms with E-state index in [2.05, 4.69) is 44.7 Å². The molecule has 0 aliphatic heterocycles. The van der Waals surface area contributed by atoms with Crippen molar-refractivity contribution in [2.75, 3.05) is 24.5 Å². The molecule has 0 saturated heterocycles. The average molecular weight is 283 g/mol. The highest BCUT2D eigenvalue weighted by Gasteiger charge is 2.14. The Morgan fingerprint density at radius 1 is 1.11 bits per heavy atom. The van der Waals surface area contributed by atoms with Crippen LogP contribution in [-0.2, 0) is 6.42 Å². The second-order valence-corrected chi connectivity index (χ2v) is 6.44. The van der Waals surface area contributed by atoms with Gasteiger partial charge in [-0.3, -0.25) is 0 Å². The van der Waals surface area contributed by atoms with Gasteiger partial charge in [-0.25, -0.2) is 0 Å². The van der Waals surface area contributed by atoms with Gasteiger partial charge in [0.05, 0.1) is 0 Å². The van der Waals surface area contributed by atoms with Gasteiger partial charge in [0.1, 0.15) is 0 Å². The summed E-state index contributed by atoms with van der Waals surface area (Å²) >= 11 is 6.11. The molecule has 0 aliphatic carbocycles. The third-order valence-corrected chi connectivity index (χ3v) is 3.20. The lowest BCUT2D eigenvalue weighted by Gasteiger charge is -2.30. The standard InChI is InChI=1S/C16H27ClN2/c1-12(2)10-19(11-13(3)4)16-6-5-15(17)9-14(16)7-8-18/h5-6,9,12-13H,7-8,10-11,18H2,1-4H3. The highest BCUT2D eigenvalue weighted by molar-refractivity contribution is 6.30. The average Bonchev–Trinajstić information content (AvgIpc) is 2.27. The van der Waals surface area contributed by atoms with Gasteiger partial charge in [-0.1, -0.05) is 39.3 Å². The number of rotatable bonds is 7. The minimum Gasteiger partial charge on any atom is -0.371 e. The Bertz CT molecular complexity index is 378. The molecule has 0 unspecified atom stereocenters. The van der Waals surface area contributed by atoms with Crippen molar-refractivity contribution in [2.45, 2.75) is 34.1 Å². The van der Waals surface area contributed by atoms with Crippen LogP contribution in [-0.4, -0.2) is 19.6 Å². The van der Waals surface area contributed by atoms with E-state index in [0.717, 1.165) is 24.5 Å². The molecule has 0 aliphatic rings. The van der Waals surface area contributed by atoms with E-state index in [0.29, 0.717) is 18.4 Å². The largest absolute Gasteiger partial charge is 0.371 e. The first-order valence-corrected chi connectivity index (χ1v) is 7.55. The molecule has 2 N–H and O–H groups in total. The van der Waals surface area contributed by atoms with Crippen LogP contribution in [0.1, 0.15) is 33.3 Å². The first-order chi connectivity index (χ1) is 8.93. The third-order valence-electron chi connectivity index (χ3n) is 2.97. The van der Waals surface area contributed by atoms with Crippen LogP contribution in [0.15, 0.2) is 18.2 Å². The molecule has 0 atom stereocenters. The topological polar surface area (TPSA) is 29.3 Å². The zero-order valence-electron chi connectivity index (χ0n) is 12.6. The van der Waals surface area contributed by atoms with E-state index in [1.165, 1.54) is 11.3 Å². The zero-order chi connectivity index (χ0) is 14.4. The summed E-state index contributed by atoms with van der Waals surface area (Å²) in [4.78, 5) is 2.47. The Morgan fingerprint density at radius 2 is 1.68 bits per heavy atom. The van der Waals surface area contributed by atoms with Crippen molar-refractivity contribution in [3.05, 3.63) is 28.8 Å². The molecule has 108 valence electrons. The molecule has 1 rings (SSSR count). The highest BCUT2D eigenvalue weighted by atomic mass is 35.5. The lowest BCUT2D eigenvalue weighted by Crippen LogP contribution is -2.32. The molecule has 0 heterocycles. The molecule has 0 aromatic heterocycles. The number of hydrogen-bond acceptors (Lipinski definition) is 2. The summed E-state index contributed by atoms with van der Waals surface area (Å²) in [5.74, 6) is 1.28. The highest BCUT2D eigenvalue weighted by Crippen LogP contribution is 2.26. The maximum atomic E-state index is 6.11. The van der Waals surface area contributed by atoms with Gasteiger partial charge < -0.3 is 10.6 Å². The van der Waals surface area contributed by atoms with Crippen LogP contribution < -0.4 is 10.6 Å². The molecule has 0 saturated carbocycles. The minimum atomic E-state index is 0.639. The molecule has 0 fully saturated rings. The van der Waals surface area contributed by atoms with Crippen LogP contribution in [0.3, 0.4) is 0 Å². The van der Waals surface area contributed by atoms with Crippen molar-refractivity contribution < 1.29 is 0 Å². The Balaban J connectivity index is 3.05. The summed E-state index contributed by atoms with van der Waals surface area (Å²) < 4.78 is 0. The molecular formula is C16H27ClN2. The van der Waals surface area contributed by atoms with Crippen LogP contribution in [0.5, 0.6) is 0 Å². The van der Waals surface area contributed by atoms with Crippen molar-refractivity contribution in [1.82, 2.24) is 0 Å². The van der Waals surface area contributed by atoms with Gasteiger partial charge in [0.25, 0.3) is 0 Å². The number of nitrogens with two attached hydrogens (primary N) is 1. The molecule has 3 heteroatoms. The quantitative estimate of drug-likeness (QED) is 0.820. The molecule has 19 heavy (non-hydrogen) atoms. The van der Waals surface area contributed by atoms with Crippen LogP contribution >= 0.6 is 11.6 Å². The molecule has 0 spiro atoms. The van der Waals surface area contributed by atoms with Crippen molar-refractivity contribution in [1.29, 1.82) is 0 Å². The fourth-order valence-corrected chi connectivity index (χ4v) is 2.57. The Labute approximate surface area is 122 Å². The Hall–Kier alpha value is -0.730. The molecule has 0 radical (unpaired) electrons. The number of nitrogens with zero attached hydrogens (tertiary/aromatic N) is 1. The number of halogens is 1. The summed E-state index contributed by atoms with van der Waals surface area (Å²) in [6, 6.07) is 6.17. The number of benzene rings is 1. The van der Waals surface area contributed by atoms with Gasteiger partial charge in [-0.2, -0.15) is 0 Å². The van der Waals surface area contributed by atoms with E-state index in [4.69, 9.17) is 17.3 Å². The Kier molecular flexibility index (Phi) is 6.67. The molecular weight excluding hydrogens is 256 g/mol. The second kappa shape index (κ2) is 7.76. The van der Waals surface area contributed by atoms with E-state index in [9.17, 15) is 0 Å². The Morgan fingerprint density at radius 3 is 2.16 bits per heavy atom. The fraction of sp³-hybridized carbons (Fsp3) is 0.625. The maximum Gasteiger partial charge on any atom is 0.0410 e. The van der Waals surface area contributed by atoms with E-state index in [1.807, 2.05) is 6.07 Å². The minimum absolute atomic E-state index is 0.639. The number of hydrogen-bond donors (Lipinski definition) is 1. The molecule has 0 amide bonds. The van der Waals surface area contributed by atoms with Crippen molar-refractivity contribution in [3.63, 3.8) is 0 Å². The van der Waals surface area contributed by atoms with Gasteiger partial charge in [0.15, 0.2) is 0 Å². The second-order valence-electron chi connectivity index (χ2n) is 6.00. The van der Waals surface area contributed by atoms with E-state index in [-0.39, 0.29) is 0 Å². The van der Waals surface area contributed by atoms with E-state index < -0.39 is 0 Å². The smallest absolute Gasteiger partial charge is 0.0410 e.